The van der Waals surface area contributed by atoms with Gasteiger partial charge in [0.05, 0.1) is 13.2 Å². The van der Waals surface area contributed by atoms with E-state index in [-0.39, 0.29) is 6.61 Å². The van der Waals surface area contributed by atoms with Crippen LogP contribution in [-0.4, -0.2) is 42.1 Å². The minimum absolute atomic E-state index is 0.0644. The highest BCUT2D eigenvalue weighted by Gasteiger charge is 2.08. The summed E-state index contributed by atoms with van der Waals surface area (Å²) in [5.74, 6) is 0.294. The first-order chi connectivity index (χ1) is 13.6. The molecule has 0 bridgehead atoms. The second-order valence-electron chi connectivity index (χ2n) is 6.91. The minimum atomic E-state index is -0.992. The van der Waals surface area contributed by atoms with Crippen molar-refractivity contribution in [2.24, 2.45) is 0 Å². The molecule has 1 atom stereocenters. The minimum Gasteiger partial charge on any atom is -0.491 e. The van der Waals surface area contributed by atoms with Gasteiger partial charge in [0.1, 0.15) is 18.5 Å². The molecule has 5 nitrogen and oxygen atoms in total. The fraction of sp³-hybridized carbons (Fsp3) is 0.696. The van der Waals surface area contributed by atoms with Crippen molar-refractivity contribution in [3.63, 3.8) is 0 Å². The van der Waals surface area contributed by atoms with Crippen LogP contribution < -0.4 is 4.74 Å². The second-order valence-corrected chi connectivity index (χ2v) is 6.91. The fourth-order valence-corrected chi connectivity index (χ4v) is 2.56. The molecule has 0 spiro atoms. The van der Waals surface area contributed by atoms with Crippen LogP contribution in [0.4, 0.5) is 0 Å². The fourth-order valence-electron chi connectivity index (χ4n) is 2.56. The van der Waals surface area contributed by atoms with Gasteiger partial charge in [-0.2, -0.15) is 0 Å². The number of aliphatic hydroxyl groups excluding tert-OH is 2. The first-order valence-corrected chi connectivity index (χ1v) is 10.7. The molecular formula is C23H40O5. The molecule has 1 aromatic carbocycles. The Labute approximate surface area is 171 Å². The van der Waals surface area contributed by atoms with Crippen LogP contribution in [0.25, 0.3) is 0 Å². The molecule has 0 fully saturated rings. The van der Waals surface area contributed by atoms with E-state index in [1.807, 2.05) is 30.3 Å². The van der Waals surface area contributed by atoms with Gasteiger partial charge in [-0.25, -0.2) is 4.79 Å². The molecule has 0 aliphatic carbocycles. The van der Waals surface area contributed by atoms with Gasteiger partial charge in [0, 0.05) is 0 Å². The van der Waals surface area contributed by atoms with Gasteiger partial charge in [0.15, 0.2) is 0 Å². The predicted molar refractivity (Wildman–Crippen MR) is 114 cm³/mol. The molecule has 5 heteroatoms. The summed E-state index contributed by atoms with van der Waals surface area (Å²) in [5.41, 5.74) is 0. The van der Waals surface area contributed by atoms with E-state index in [1.54, 1.807) is 0 Å². The van der Waals surface area contributed by atoms with Crippen molar-refractivity contribution in [3.05, 3.63) is 30.3 Å². The number of rotatable bonds is 15. The van der Waals surface area contributed by atoms with Crippen LogP contribution in [0, 0.1) is 0 Å². The maximum absolute atomic E-state index is 10.9. The Morgan fingerprint density at radius 3 is 1.93 bits per heavy atom. The predicted octanol–water partition coefficient (Wildman–Crippen LogP) is 4.89. The van der Waals surface area contributed by atoms with E-state index in [4.69, 9.17) is 19.7 Å². The van der Waals surface area contributed by atoms with Gasteiger partial charge in [-0.05, 0) is 25.5 Å². The summed E-state index contributed by atoms with van der Waals surface area (Å²) in [5, 5.41) is 17.3. The van der Waals surface area contributed by atoms with E-state index in [0.717, 1.165) is 18.6 Å². The third-order valence-electron chi connectivity index (χ3n) is 4.19. The lowest BCUT2D eigenvalue weighted by molar-refractivity contribution is -0.152. The van der Waals surface area contributed by atoms with Crippen LogP contribution in [-0.2, 0) is 9.53 Å². The van der Waals surface area contributed by atoms with Crippen molar-refractivity contribution in [3.8, 4) is 5.75 Å². The number of aliphatic hydroxyl groups is 2. The molecule has 1 aromatic rings. The molecule has 0 aliphatic heterocycles. The molecule has 162 valence electrons. The lowest BCUT2D eigenvalue weighted by atomic mass is 10.1. The Balaban J connectivity index is 0.000000609. The molecule has 2 N–H and O–H groups in total. The van der Waals surface area contributed by atoms with Gasteiger partial charge in [-0.3, -0.25) is 0 Å². The molecule has 0 amide bonds. The number of carbonyl (C=O) groups excluding carboxylic acids is 1. The average Bonchev–Trinajstić information content (AvgIpc) is 2.71. The Bertz CT molecular complexity index is 448. The van der Waals surface area contributed by atoms with Crippen LogP contribution in [0.5, 0.6) is 5.75 Å². The molecular weight excluding hydrogens is 356 g/mol. The smallest absolute Gasteiger partial charge is 0.334 e. The first kappa shape index (κ1) is 26.4. The molecule has 0 aromatic heterocycles. The van der Waals surface area contributed by atoms with Crippen molar-refractivity contribution in [2.75, 3.05) is 19.8 Å². The summed E-state index contributed by atoms with van der Waals surface area (Å²) in [6, 6.07) is 9.43. The molecule has 0 saturated carbocycles. The molecule has 1 rings (SSSR count). The van der Waals surface area contributed by atoms with Gasteiger partial charge >= 0.3 is 5.97 Å². The number of para-hydroxylation sites is 1. The average molecular weight is 397 g/mol. The highest BCUT2D eigenvalue weighted by Crippen LogP contribution is 2.10. The third kappa shape index (κ3) is 17.8. The van der Waals surface area contributed by atoms with E-state index in [1.165, 1.54) is 58.3 Å². The second kappa shape index (κ2) is 20.2. The highest BCUT2D eigenvalue weighted by atomic mass is 16.5. The largest absolute Gasteiger partial charge is 0.491 e. The molecule has 1 unspecified atom stereocenters. The quantitative estimate of drug-likeness (QED) is 0.326. The Morgan fingerprint density at radius 1 is 0.893 bits per heavy atom. The van der Waals surface area contributed by atoms with Gasteiger partial charge in [-0.15, -0.1) is 0 Å². The van der Waals surface area contributed by atoms with Crippen molar-refractivity contribution >= 4 is 5.97 Å². The SMILES string of the molecule is CCCCCCCCCCCCOC(=O)C(C)O.OCCOc1ccccc1. The number of unbranched alkanes of at least 4 members (excludes halogenated alkanes) is 9. The summed E-state index contributed by atoms with van der Waals surface area (Å²) in [7, 11) is 0. The van der Waals surface area contributed by atoms with Crippen molar-refractivity contribution in [1.82, 2.24) is 0 Å². The Hall–Kier alpha value is -1.59. The number of hydrogen-bond donors (Lipinski definition) is 2. The third-order valence-corrected chi connectivity index (χ3v) is 4.19. The number of carbonyl (C=O) groups is 1. The van der Waals surface area contributed by atoms with Gasteiger partial charge < -0.3 is 19.7 Å². The van der Waals surface area contributed by atoms with Crippen molar-refractivity contribution < 1.29 is 24.5 Å². The van der Waals surface area contributed by atoms with Crippen LogP contribution in [0.2, 0.25) is 0 Å². The summed E-state index contributed by atoms with van der Waals surface area (Å²) in [6.07, 6.45) is 11.7. The van der Waals surface area contributed by atoms with Gasteiger partial charge in [0.25, 0.3) is 0 Å². The van der Waals surface area contributed by atoms with E-state index >= 15 is 0 Å². The lowest BCUT2D eigenvalue weighted by Gasteiger charge is -2.06. The molecule has 0 heterocycles. The van der Waals surface area contributed by atoms with Crippen LogP contribution in [0.15, 0.2) is 30.3 Å². The normalized spacial score (nSPS) is 11.3. The zero-order chi connectivity index (χ0) is 20.9. The summed E-state index contributed by atoms with van der Waals surface area (Å²) in [4.78, 5) is 10.9. The number of esters is 1. The topological polar surface area (TPSA) is 76.0 Å². The Kier molecular flexibility index (Phi) is 19.0. The standard InChI is InChI=1S/C15H30O3.C8H10O2/c1-3-4-5-6-7-8-9-10-11-12-13-18-15(17)14(2)16;9-6-7-10-8-4-2-1-3-5-8/h14,16H,3-13H2,1-2H3;1-5,9H,6-7H2. The first-order valence-electron chi connectivity index (χ1n) is 10.7. The maximum Gasteiger partial charge on any atom is 0.334 e. The number of benzene rings is 1. The molecule has 0 aliphatic rings. The van der Waals surface area contributed by atoms with E-state index in [9.17, 15) is 4.79 Å². The maximum atomic E-state index is 10.9. The summed E-state index contributed by atoms with van der Waals surface area (Å²) < 4.78 is 9.99. The molecule has 0 radical (unpaired) electrons. The molecule has 28 heavy (non-hydrogen) atoms. The van der Waals surface area contributed by atoms with Crippen molar-refractivity contribution in [1.29, 1.82) is 0 Å². The van der Waals surface area contributed by atoms with E-state index < -0.39 is 12.1 Å². The van der Waals surface area contributed by atoms with Crippen LogP contribution >= 0.6 is 0 Å². The highest BCUT2D eigenvalue weighted by molar-refractivity contribution is 5.73. The summed E-state index contributed by atoms with van der Waals surface area (Å²) in [6.45, 7) is 4.55. The zero-order valence-corrected chi connectivity index (χ0v) is 17.8. The van der Waals surface area contributed by atoms with E-state index in [0.29, 0.717) is 13.2 Å². The Morgan fingerprint density at radius 2 is 1.43 bits per heavy atom. The monoisotopic (exact) mass is 396 g/mol. The van der Waals surface area contributed by atoms with Gasteiger partial charge in [0.2, 0.25) is 0 Å². The lowest BCUT2D eigenvalue weighted by Crippen LogP contribution is -2.19. The van der Waals surface area contributed by atoms with Crippen molar-refractivity contribution in [2.45, 2.75) is 84.2 Å². The number of hydrogen-bond acceptors (Lipinski definition) is 5. The molecule has 0 saturated heterocycles. The van der Waals surface area contributed by atoms with Gasteiger partial charge in [-0.1, -0.05) is 82.9 Å². The number of ether oxygens (including phenoxy) is 2. The van der Waals surface area contributed by atoms with Crippen LogP contribution in [0.1, 0.15) is 78.1 Å². The van der Waals surface area contributed by atoms with Crippen LogP contribution in [0.3, 0.4) is 0 Å². The van der Waals surface area contributed by atoms with E-state index in [2.05, 4.69) is 6.92 Å². The zero-order valence-electron chi connectivity index (χ0n) is 17.8. The summed E-state index contributed by atoms with van der Waals surface area (Å²) >= 11 is 0.